The Balaban J connectivity index is 1.73. The van der Waals surface area contributed by atoms with Crippen LogP contribution in [-0.4, -0.2) is 27.6 Å². The van der Waals surface area contributed by atoms with Gasteiger partial charge in [-0.05, 0) is 30.5 Å². The third-order valence-electron chi connectivity index (χ3n) is 5.65. The second kappa shape index (κ2) is 5.55. The molecule has 2 atom stereocenters. The van der Waals surface area contributed by atoms with Crippen molar-refractivity contribution in [1.82, 2.24) is 4.90 Å². The van der Waals surface area contributed by atoms with Gasteiger partial charge in [-0.3, -0.25) is 4.79 Å². The molecule has 2 N–H and O–H groups in total. The van der Waals surface area contributed by atoms with Crippen molar-refractivity contribution in [3.05, 3.63) is 59.7 Å². The fraction of sp³-hybridized carbons (Fsp3) is 0.350. The van der Waals surface area contributed by atoms with Gasteiger partial charge in [-0.2, -0.15) is 0 Å². The van der Waals surface area contributed by atoms with E-state index in [4.69, 9.17) is 0 Å². The lowest BCUT2D eigenvalue weighted by molar-refractivity contribution is -0.0869. The third kappa shape index (κ3) is 2.09. The van der Waals surface area contributed by atoms with Crippen LogP contribution in [0.5, 0.6) is 11.5 Å². The van der Waals surface area contributed by atoms with Gasteiger partial charge in [0.15, 0.2) is 0 Å². The van der Waals surface area contributed by atoms with Crippen LogP contribution >= 0.6 is 0 Å². The Bertz CT molecular complexity index is 774. The SMILES string of the molecule is O=C(c1ccc(O)cc1O)N1C[C@@H]2CCCC[C@]21c1ccccc1. The zero-order chi connectivity index (χ0) is 16.7. The number of nitrogens with zero attached hydrogens (tertiary/aromatic N) is 1. The zero-order valence-electron chi connectivity index (χ0n) is 13.5. The number of aromatic hydroxyl groups is 2. The largest absolute Gasteiger partial charge is 0.508 e. The van der Waals surface area contributed by atoms with Crippen LogP contribution in [-0.2, 0) is 5.54 Å². The van der Waals surface area contributed by atoms with E-state index in [0.29, 0.717) is 5.92 Å². The Morgan fingerprint density at radius 3 is 2.58 bits per heavy atom. The van der Waals surface area contributed by atoms with Gasteiger partial charge in [-0.25, -0.2) is 0 Å². The van der Waals surface area contributed by atoms with Crippen LogP contribution < -0.4 is 0 Å². The molecule has 1 amide bonds. The van der Waals surface area contributed by atoms with E-state index >= 15 is 0 Å². The summed E-state index contributed by atoms with van der Waals surface area (Å²) >= 11 is 0. The molecule has 4 heteroatoms. The topological polar surface area (TPSA) is 60.8 Å². The Morgan fingerprint density at radius 2 is 1.88 bits per heavy atom. The molecular weight excluding hydrogens is 302 g/mol. The first kappa shape index (κ1) is 15.1. The van der Waals surface area contributed by atoms with E-state index in [1.165, 1.54) is 30.2 Å². The number of carbonyl (C=O) groups is 1. The molecule has 1 heterocycles. The molecule has 4 nitrogen and oxygen atoms in total. The summed E-state index contributed by atoms with van der Waals surface area (Å²) in [5, 5.41) is 19.5. The molecule has 1 saturated heterocycles. The summed E-state index contributed by atoms with van der Waals surface area (Å²) in [4.78, 5) is 15.0. The third-order valence-corrected chi connectivity index (χ3v) is 5.65. The van der Waals surface area contributed by atoms with Crippen LogP contribution in [0.1, 0.15) is 41.6 Å². The summed E-state index contributed by atoms with van der Waals surface area (Å²) in [6.07, 6.45) is 4.43. The quantitative estimate of drug-likeness (QED) is 0.887. The fourth-order valence-corrected chi connectivity index (χ4v) is 4.47. The Morgan fingerprint density at radius 1 is 1.08 bits per heavy atom. The average Bonchev–Trinajstić information content (AvgIpc) is 2.57. The summed E-state index contributed by atoms with van der Waals surface area (Å²) in [6.45, 7) is 0.730. The summed E-state index contributed by atoms with van der Waals surface area (Å²) in [7, 11) is 0. The molecule has 2 aromatic rings. The van der Waals surface area contributed by atoms with E-state index in [1.807, 2.05) is 23.1 Å². The molecule has 0 unspecified atom stereocenters. The minimum Gasteiger partial charge on any atom is -0.508 e. The van der Waals surface area contributed by atoms with Crippen molar-refractivity contribution in [3.63, 3.8) is 0 Å². The second-order valence-electron chi connectivity index (χ2n) is 6.85. The van der Waals surface area contributed by atoms with Crippen LogP contribution in [0, 0.1) is 5.92 Å². The number of amides is 1. The van der Waals surface area contributed by atoms with Gasteiger partial charge in [-0.1, -0.05) is 43.2 Å². The fourth-order valence-electron chi connectivity index (χ4n) is 4.47. The van der Waals surface area contributed by atoms with E-state index in [1.54, 1.807) is 0 Å². The maximum atomic E-state index is 13.1. The van der Waals surface area contributed by atoms with Gasteiger partial charge < -0.3 is 15.1 Å². The highest BCUT2D eigenvalue weighted by Gasteiger charge is 2.57. The highest BCUT2D eigenvalue weighted by atomic mass is 16.3. The summed E-state index contributed by atoms with van der Waals surface area (Å²) in [5.41, 5.74) is 1.20. The van der Waals surface area contributed by atoms with Crippen molar-refractivity contribution < 1.29 is 15.0 Å². The predicted octanol–water partition coefficient (Wildman–Crippen LogP) is 3.64. The van der Waals surface area contributed by atoms with Crippen molar-refractivity contribution in [3.8, 4) is 11.5 Å². The van der Waals surface area contributed by atoms with E-state index < -0.39 is 0 Å². The van der Waals surface area contributed by atoms with Gasteiger partial charge in [0.2, 0.25) is 0 Å². The number of phenolic OH excluding ortho intramolecular Hbond substituents is 2. The molecule has 4 rings (SSSR count). The molecule has 0 bridgehead atoms. The normalized spacial score (nSPS) is 25.7. The highest BCUT2D eigenvalue weighted by molar-refractivity contribution is 5.98. The number of fused-ring (bicyclic) bond motifs is 1. The first-order valence-corrected chi connectivity index (χ1v) is 8.52. The minimum absolute atomic E-state index is 0.0408. The number of hydrogen-bond acceptors (Lipinski definition) is 3. The van der Waals surface area contributed by atoms with E-state index in [2.05, 4.69) is 12.1 Å². The number of benzene rings is 2. The molecule has 124 valence electrons. The maximum Gasteiger partial charge on any atom is 0.258 e. The molecule has 1 aliphatic carbocycles. The van der Waals surface area contributed by atoms with Crippen LogP contribution in [0.25, 0.3) is 0 Å². The van der Waals surface area contributed by atoms with Crippen molar-refractivity contribution >= 4 is 5.91 Å². The number of likely N-dealkylation sites (tertiary alicyclic amines) is 1. The monoisotopic (exact) mass is 323 g/mol. The van der Waals surface area contributed by atoms with Crippen LogP contribution in [0.4, 0.5) is 0 Å². The lowest BCUT2D eigenvalue weighted by Gasteiger charge is -2.61. The number of carbonyl (C=O) groups excluding carboxylic acids is 1. The number of phenols is 2. The number of hydrogen-bond donors (Lipinski definition) is 2. The molecule has 1 saturated carbocycles. The maximum absolute atomic E-state index is 13.1. The van der Waals surface area contributed by atoms with Crippen LogP contribution in [0.3, 0.4) is 0 Å². The van der Waals surface area contributed by atoms with E-state index in [-0.39, 0.29) is 28.5 Å². The lowest BCUT2D eigenvalue weighted by Crippen LogP contribution is -2.67. The van der Waals surface area contributed by atoms with Crippen LogP contribution in [0.15, 0.2) is 48.5 Å². The first-order chi connectivity index (χ1) is 11.6. The van der Waals surface area contributed by atoms with Crippen LogP contribution in [0.2, 0.25) is 0 Å². The average molecular weight is 323 g/mol. The molecule has 2 fully saturated rings. The highest BCUT2D eigenvalue weighted by Crippen LogP contribution is 2.54. The van der Waals surface area contributed by atoms with Crippen molar-refractivity contribution in [2.75, 3.05) is 6.54 Å². The summed E-state index contributed by atoms with van der Waals surface area (Å²) in [6, 6.07) is 14.4. The molecule has 0 radical (unpaired) electrons. The number of rotatable bonds is 2. The van der Waals surface area contributed by atoms with Gasteiger partial charge in [0.25, 0.3) is 5.91 Å². The molecule has 24 heavy (non-hydrogen) atoms. The van der Waals surface area contributed by atoms with Gasteiger partial charge in [0.05, 0.1) is 11.1 Å². The minimum atomic E-state index is -0.249. The van der Waals surface area contributed by atoms with E-state index in [0.717, 1.165) is 25.8 Å². The molecular formula is C20H21NO3. The Hall–Kier alpha value is -2.49. The Labute approximate surface area is 141 Å². The van der Waals surface area contributed by atoms with Gasteiger partial charge in [-0.15, -0.1) is 0 Å². The zero-order valence-corrected chi connectivity index (χ0v) is 13.5. The summed E-state index contributed by atoms with van der Waals surface area (Å²) < 4.78 is 0. The van der Waals surface area contributed by atoms with Crippen molar-refractivity contribution in [2.45, 2.75) is 31.2 Å². The van der Waals surface area contributed by atoms with Crippen molar-refractivity contribution in [1.29, 1.82) is 0 Å². The second-order valence-corrected chi connectivity index (χ2v) is 6.85. The van der Waals surface area contributed by atoms with Gasteiger partial charge >= 0.3 is 0 Å². The molecule has 0 aromatic heterocycles. The molecule has 1 aliphatic heterocycles. The standard InChI is InChI=1S/C20H21NO3/c22-16-9-10-17(18(23)12-16)19(24)21-13-15-8-4-5-11-20(15,21)14-6-2-1-3-7-14/h1-3,6-7,9-10,12,15,22-23H,4-5,8,11,13H2/t15-,20-/m0/s1. The smallest absolute Gasteiger partial charge is 0.258 e. The summed E-state index contributed by atoms with van der Waals surface area (Å²) in [5.74, 6) is 0.120. The first-order valence-electron chi connectivity index (χ1n) is 8.52. The molecule has 2 aliphatic rings. The predicted molar refractivity (Wildman–Crippen MR) is 90.9 cm³/mol. The van der Waals surface area contributed by atoms with Gasteiger partial charge in [0, 0.05) is 18.5 Å². The van der Waals surface area contributed by atoms with E-state index in [9.17, 15) is 15.0 Å². The molecule has 0 spiro atoms. The molecule has 2 aromatic carbocycles. The van der Waals surface area contributed by atoms with Crippen molar-refractivity contribution in [2.24, 2.45) is 5.92 Å². The lowest BCUT2D eigenvalue weighted by atomic mass is 9.61. The Kier molecular flexibility index (Phi) is 3.48. The van der Waals surface area contributed by atoms with Gasteiger partial charge in [0.1, 0.15) is 11.5 Å².